The molecule has 0 aliphatic carbocycles. The molecule has 0 spiro atoms. The molecule has 2 N–H and O–H groups in total. The van der Waals surface area contributed by atoms with Crippen molar-refractivity contribution >= 4 is 10.9 Å². The van der Waals surface area contributed by atoms with Crippen LogP contribution in [0.5, 0.6) is 0 Å². The Morgan fingerprint density at radius 1 is 1.56 bits per heavy atom. The highest BCUT2D eigenvalue weighted by Gasteiger charge is 2.16. The van der Waals surface area contributed by atoms with Gasteiger partial charge >= 0.3 is 0 Å². The predicted octanol–water partition coefficient (Wildman–Crippen LogP) is 0.473. The molecule has 1 atom stereocenters. The van der Waals surface area contributed by atoms with Crippen molar-refractivity contribution in [1.29, 1.82) is 5.26 Å². The van der Waals surface area contributed by atoms with Crippen molar-refractivity contribution < 1.29 is 0 Å². The van der Waals surface area contributed by atoms with Gasteiger partial charge in [-0.2, -0.15) is 10.4 Å². The fourth-order valence-corrected chi connectivity index (χ4v) is 1.63. The maximum Gasteiger partial charge on any atom is 0.143 e. The van der Waals surface area contributed by atoms with Crippen molar-refractivity contribution in [3.63, 3.8) is 0 Å². The zero-order chi connectivity index (χ0) is 11.7. The van der Waals surface area contributed by atoms with Crippen LogP contribution in [0.3, 0.4) is 0 Å². The SMILES string of the molecule is C#Cc1nn(C)c2cncc(C(N)C#N)c12. The van der Waals surface area contributed by atoms with Crippen LogP contribution in [-0.2, 0) is 7.05 Å². The lowest BCUT2D eigenvalue weighted by atomic mass is 10.1. The number of nitriles is 1. The van der Waals surface area contributed by atoms with Crippen LogP contribution in [0.15, 0.2) is 12.4 Å². The highest BCUT2D eigenvalue weighted by Crippen LogP contribution is 2.24. The van der Waals surface area contributed by atoms with Gasteiger partial charge in [0, 0.05) is 24.2 Å². The number of rotatable bonds is 1. The molecule has 0 saturated heterocycles. The Balaban J connectivity index is 2.87. The molecule has 1 unspecified atom stereocenters. The second-order valence-electron chi connectivity index (χ2n) is 3.35. The van der Waals surface area contributed by atoms with Crippen molar-refractivity contribution in [2.45, 2.75) is 6.04 Å². The number of fused-ring (bicyclic) bond motifs is 1. The van der Waals surface area contributed by atoms with Crippen molar-refractivity contribution in [2.75, 3.05) is 0 Å². The average molecular weight is 211 g/mol. The van der Waals surface area contributed by atoms with Crippen molar-refractivity contribution in [1.82, 2.24) is 14.8 Å². The molecule has 0 aliphatic heterocycles. The first-order chi connectivity index (χ1) is 7.69. The lowest BCUT2D eigenvalue weighted by Gasteiger charge is -2.04. The molecule has 78 valence electrons. The topological polar surface area (TPSA) is 80.5 Å². The van der Waals surface area contributed by atoms with E-state index in [0.29, 0.717) is 11.3 Å². The Kier molecular flexibility index (Phi) is 2.32. The summed E-state index contributed by atoms with van der Waals surface area (Å²) in [5.74, 6) is 2.49. The fourth-order valence-electron chi connectivity index (χ4n) is 1.63. The van der Waals surface area contributed by atoms with Crippen LogP contribution in [0.2, 0.25) is 0 Å². The zero-order valence-electron chi connectivity index (χ0n) is 8.68. The Bertz CT molecular complexity index is 626. The molecule has 2 aromatic heterocycles. The van der Waals surface area contributed by atoms with Crippen LogP contribution in [0.25, 0.3) is 10.9 Å². The first kappa shape index (κ1) is 10.2. The summed E-state index contributed by atoms with van der Waals surface area (Å²) in [6.45, 7) is 0. The Morgan fingerprint density at radius 3 is 2.94 bits per heavy atom. The molecule has 2 heterocycles. The van der Waals surface area contributed by atoms with Gasteiger partial charge in [0.05, 0.1) is 17.8 Å². The van der Waals surface area contributed by atoms with E-state index in [1.807, 2.05) is 6.07 Å². The van der Waals surface area contributed by atoms with Crippen LogP contribution >= 0.6 is 0 Å². The maximum atomic E-state index is 8.84. The predicted molar refractivity (Wildman–Crippen MR) is 59.0 cm³/mol. The molecule has 2 aromatic rings. The third-order valence-corrected chi connectivity index (χ3v) is 2.40. The summed E-state index contributed by atoms with van der Waals surface area (Å²) >= 11 is 0. The Labute approximate surface area is 92.5 Å². The van der Waals surface area contributed by atoms with E-state index in [1.165, 1.54) is 0 Å². The molecule has 0 saturated carbocycles. The second kappa shape index (κ2) is 3.65. The number of nitrogens with two attached hydrogens (primary N) is 1. The monoisotopic (exact) mass is 211 g/mol. The van der Waals surface area contributed by atoms with Gasteiger partial charge in [0.1, 0.15) is 11.7 Å². The Morgan fingerprint density at radius 2 is 2.31 bits per heavy atom. The lowest BCUT2D eigenvalue weighted by molar-refractivity contribution is 0.790. The third kappa shape index (κ3) is 1.31. The molecule has 16 heavy (non-hydrogen) atoms. The van der Waals surface area contributed by atoms with E-state index in [-0.39, 0.29) is 0 Å². The van der Waals surface area contributed by atoms with Gasteiger partial charge in [-0.05, 0) is 5.92 Å². The molecule has 0 aromatic carbocycles. The van der Waals surface area contributed by atoms with Gasteiger partial charge in [-0.3, -0.25) is 9.67 Å². The molecule has 5 nitrogen and oxygen atoms in total. The van der Waals surface area contributed by atoms with E-state index in [0.717, 1.165) is 10.9 Å². The van der Waals surface area contributed by atoms with Crippen LogP contribution < -0.4 is 5.73 Å². The van der Waals surface area contributed by atoms with Crippen LogP contribution in [0, 0.1) is 23.7 Å². The van der Waals surface area contributed by atoms with E-state index in [9.17, 15) is 0 Å². The lowest BCUT2D eigenvalue weighted by Crippen LogP contribution is -2.08. The van der Waals surface area contributed by atoms with Crippen LogP contribution in [-0.4, -0.2) is 14.8 Å². The molecular weight excluding hydrogens is 202 g/mol. The van der Waals surface area contributed by atoms with Crippen LogP contribution in [0.1, 0.15) is 17.3 Å². The zero-order valence-corrected chi connectivity index (χ0v) is 8.68. The quantitative estimate of drug-likeness (QED) is 0.695. The van der Waals surface area contributed by atoms with Crippen LogP contribution in [0.4, 0.5) is 0 Å². The van der Waals surface area contributed by atoms with Gasteiger partial charge in [0.2, 0.25) is 0 Å². The molecule has 5 heteroatoms. The number of hydrogen-bond acceptors (Lipinski definition) is 4. The minimum atomic E-state index is -0.743. The Hall–Kier alpha value is -2.37. The van der Waals surface area contributed by atoms with Gasteiger partial charge in [-0.25, -0.2) is 0 Å². The van der Waals surface area contributed by atoms with E-state index < -0.39 is 6.04 Å². The molecule has 0 fully saturated rings. The molecule has 0 bridgehead atoms. The first-order valence-electron chi connectivity index (χ1n) is 4.61. The normalized spacial score (nSPS) is 12.0. The highest BCUT2D eigenvalue weighted by atomic mass is 15.3. The van der Waals surface area contributed by atoms with Gasteiger partial charge in [0.15, 0.2) is 0 Å². The van der Waals surface area contributed by atoms with E-state index >= 15 is 0 Å². The van der Waals surface area contributed by atoms with E-state index in [4.69, 9.17) is 17.4 Å². The minimum absolute atomic E-state index is 0.487. The number of nitrogens with zero attached hydrogens (tertiary/aromatic N) is 4. The van der Waals surface area contributed by atoms with E-state index in [2.05, 4.69) is 16.0 Å². The summed E-state index contributed by atoms with van der Waals surface area (Å²) in [5.41, 5.74) is 7.56. The summed E-state index contributed by atoms with van der Waals surface area (Å²) in [7, 11) is 1.77. The summed E-state index contributed by atoms with van der Waals surface area (Å²) in [6.07, 6.45) is 8.57. The molecular formula is C11H9N5. The summed E-state index contributed by atoms with van der Waals surface area (Å²) < 4.78 is 1.63. The smallest absolute Gasteiger partial charge is 0.143 e. The van der Waals surface area contributed by atoms with Gasteiger partial charge in [-0.15, -0.1) is 6.42 Å². The van der Waals surface area contributed by atoms with Crippen molar-refractivity contribution in [2.24, 2.45) is 12.8 Å². The average Bonchev–Trinajstić information content (AvgIpc) is 2.65. The number of pyridine rings is 1. The van der Waals surface area contributed by atoms with Gasteiger partial charge in [-0.1, -0.05) is 0 Å². The highest BCUT2D eigenvalue weighted by molar-refractivity contribution is 5.87. The fraction of sp³-hybridized carbons (Fsp3) is 0.182. The number of hydrogen-bond donors (Lipinski definition) is 1. The van der Waals surface area contributed by atoms with Gasteiger partial charge in [0.25, 0.3) is 0 Å². The largest absolute Gasteiger partial charge is 0.312 e. The molecule has 0 radical (unpaired) electrons. The number of aromatic nitrogens is 3. The first-order valence-corrected chi connectivity index (χ1v) is 4.61. The molecule has 0 amide bonds. The van der Waals surface area contributed by atoms with Crippen molar-refractivity contribution in [3.05, 3.63) is 23.7 Å². The standard InChI is InChI=1S/C11H9N5/c1-3-9-11-7(8(13)4-12)5-14-6-10(11)16(2)15-9/h1,5-6,8H,13H2,2H3. The number of aryl methyl sites for hydroxylation is 1. The minimum Gasteiger partial charge on any atom is -0.312 e. The summed E-state index contributed by atoms with van der Waals surface area (Å²) in [4.78, 5) is 4.03. The summed E-state index contributed by atoms with van der Waals surface area (Å²) in [5, 5.41) is 13.7. The van der Waals surface area contributed by atoms with Crippen molar-refractivity contribution in [3.8, 4) is 18.4 Å². The maximum absolute atomic E-state index is 8.84. The second-order valence-corrected chi connectivity index (χ2v) is 3.35. The summed E-state index contributed by atoms with van der Waals surface area (Å²) in [6, 6.07) is 1.22. The number of terminal acetylenes is 1. The third-order valence-electron chi connectivity index (χ3n) is 2.40. The molecule has 2 rings (SSSR count). The van der Waals surface area contributed by atoms with E-state index in [1.54, 1.807) is 24.1 Å². The molecule has 0 aliphatic rings. The van der Waals surface area contributed by atoms with Gasteiger partial charge < -0.3 is 5.73 Å².